The Balaban J connectivity index is 1.55. The number of methoxy groups -OCH3 is 1. The van der Waals surface area contributed by atoms with Crippen molar-refractivity contribution in [1.82, 2.24) is 15.0 Å². The Bertz CT molecular complexity index is 1530. The molecule has 0 bridgehead atoms. The Morgan fingerprint density at radius 2 is 2.00 bits per heavy atom. The summed E-state index contributed by atoms with van der Waals surface area (Å²) in [6, 6.07) is 8.51. The summed E-state index contributed by atoms with van der Waals surface area (Å²) in [5, 5.41) is 5.91. The number of halogens is 2. The van der Waals surface area contributed by atoms with Gasteiger partial charge in [-0.1, -0.05) is 30.9 Å². The summed E-state index contributed by atoms with van der Waals surface area (Å²) in [5.74, 6) is -1.27. The molecule has 192 valence electrons. The van der Waals surface area contributed by atoms with Gasteiger partial charge in [0.25, 0.3) is 5.56 Å². The minimum Gasteiger partial charge on any atom is -0.464 e. The highest BCUT2D eigenvalue weighted by Crippen LogP contribution is 2.37. The molecule has 8 nitrogen and oxygen atoms in total. The average molecular weight is 542 g/mol. The predicted octanol–water partition coefficient (Wildman–Crippen LogP) is 6.14. The van der Waals surface area contributed by atoms with Crippen LogP contribution in [-0.4, -0.2) is 41.1 Å². The molecule has 4 aromatic rings. The third-order valence-corrected chi connectivity index (χ3v) is 7.70. The number of nitrogens with zero attached hydrogens (tertiary/aromatic N) is 3. The van der Waals surface area contributed by atoms with Crippen molar-refractivity contribution in [2.75, 3.05) is 24.4 Å². The van der Waals surface area contributed by atoms with Gasteiger partial charge < -0.3 is 19.9 Å². The number of aromatic amines is 1. The Morgan fingerprint density at radius 3 is 2.73 bits per heavy atom. The molecule has 2 aromatic carbocycles. The Hall–Kier alpha value is -3.50. The van der Waals surface area contributed by atoms with Gasteiger partial charge >= 0.3 is 5.97 Å². The highest BCUT2D eigenvalue weighted by molar-refractivity contribution is 7.14. The van der Waals surface area contributed by atoms with Gasteiger partial charge in [0.05, 0.1) is 40.2 Å². The molecule has 1 aliphatic rings. The number of H-pyrrole nitrogens is 1. The van der Waals surface area contributed by atoms with E-state index in [2.05, 4.69) is 25.2 Å². The lowest BCUT2D eigenvalue weighted by atomic mass is 9.94. The molecular formula is C26H25ClFN5O3S. The molecule has 5 rings (SSSR count). The third kappa shape index (κ3) is 5.17. The first kappa shape index (κ1) is 25.2. The summed E-state index contributed by atoms with van der Waals surface area (Å²) >= 11 is 7.35. The van der Waals surface area contributed by atoms with E-state index in [9.17, 15) is 14.0 Å². The number of rotatable bonds is 6. The average Bonchev–Trinajstić information content (AvgIpc) is 3.37. The maximum Gasteiger partial charge on any atom is 0.362 e. The second-order valence-corrected chi connectivity index (χ2v) is 10.3. The Morgan fingerprint density at radius 1 is 1.22 bits per heavy atom. The van der Waals surface area contributed by atoms with Crippen LogP contribution in [0.25, 0.3) is 22.3 Å². The molecule has 0 saturated heterocycles. The zero-order valence-electron chi connectivity index (χ0n) is 20.3. The van der Waals surface area contributed by atoms with E-state index in [0.717, 1.165) is 24.2 Å². The van der Waals surface area contributed by atoms with Crippen LogP contribution in [0.1, 0.15) is 42.6 Å². The second kappa shape index (κ2) is 10.5. The first-order chi connectivity index (χ1) is 17.8. The monoisotopic (exact) mass is 541 g/mol. The summed E-state index contributed by atoms with van der Waals surface area (Å²) in [5.41, 5.74) is 3.02. The van der Waals surface area contributed by atoms with Crippen LogP contribution in [0.4, 0.5) is 20.9 Å². The topological polar surface area (TPSA) is 100 Å². The van der Waals surface area contributed by atoms with Crippen molar-refractivity contribution in [3.63, 3.8) is 0 Å². The van der Waals surface area contributed by atoms with Gasteiger partial charge in [-0.15, -0.1) is 11.3 Å². The number of fused-ring (bicyclic) bond motifs is 1. The molecule has 0 unspecified atom stereocenters. The van der Waals surface area contributed by atoms with E-state index in [1.807, 2.05) is 18.5 Å². The molecule has 0 aliphatic heterocycles. The van der Waals surface area contributed by atoms with Gasteiger partial charge in [-0.05, 0) is 43.2 Å². The van der Waals surface area contributed by atoms with Crippen LogP contribution in [-0.2, 0) is 4.74 Å². The minimum atomic E-state index is -0.788. The number of esters is 1. The van der Waals surface area contributed by atoms with Crippen LogP contribution in [0, 0.1) is 5.82 Å². The quantitative estimate of drug-likeness (QED) is 0.283. The molecule has 0 radical (unpaired) electrons. The van der Waals surface area contributed by atoms with Crippen molar-refractivity contribution >= 4 is 56.4 Å². The van der Waals surface area contributed by atoms with Gasteiger partial charge in [-0.2, -0.15) is 0 Å². The number of thiazole rings is 1. The molecule has 0 spiro atoms. The number of ether oxygens (including phenoxy) is 1. The number of anilines is 3. The van der Waals surface area contributed by atoms with Crippen LogP contribution in [0.3, 0.4) is 0 Å². The summed E-state index contributed by atoms with van der Waals surface area (Å²) < 4.78 is 18.3. The maximum absolute atomic E-state index is 13.6. The van der Waals surface area contributed by atoms with Crippen LogP contribution < -0.4 is 15.8 Å². The summed E-state index contributed by atoms with van der Waals surface area (Å²) in [7, 11) is 3.26. The fraction of sp³-hybridized carbons (Fsp3) is 0.308. The standard InChI is InChI=1S/C26H25ClFN5O3S/c1-33(15-6-4-3-5-7-15)22-12-19-18(30-24(34)23(29-19)25(35)36-2)11-20(22)31-26-32-21(13-37-26)14-8-9-17(28)16(27)10-14/h8-13,15H,3-7H2,1-2H3,(H,30,34)(H,31,32). The number of hydrogen-bond acceptors (Lipinski definition) is 8. The summed E-state index contributed by atoms with van der Waals surface area (Å²) in [6.07, 6.45) is 5.72. The van der Waals surface area contributed by atoms with E-state index in [1.54, 1.807) is 18.2 Å². The minimum absolute atomic E-state index is 0.0358. The largest absolute Gasteiger partial charge is 0.464 e. The van der Waals surface area contributed by atoms with Gasteiger partial charge in [0, 0.05) is 24.0 Å². The zero-order valence-corrected chi connectivity index (χ0v) is 21.9. The van der Waals surface area contributed by atoms with Gasteiger partial charge in [-0.3, -0.25) is 4.79 Å². The van der Waals surface area contributed by atoms with Crippen LogP contribution in [0.5, 0.6) is 0 Å². The highest BCUT2D eigenvalue weighted by atomic mass is 35.5. The van der Waals surface area contributed by atoms with Gasteiger partial charge in [-0.25, -0.2) is 19.2 Å². The SMILES string of the molecule is COC(=O)c1nc2cc(N(C)C3CCCCC3)c(Nc3nc(-c4ccc(F)c(Cl)c4)cs3)cc2[nH]c1=O. The fourth-order valence-corrected chi connectivity index (χ4v) is 5.56. The molecule has 1 aliphatic carbocycles. The number of aromatic nitrogens is 3. The van der Waals surface area contributed by atoms with E-state index in [-0.39, 0.29) is 10.7 Å². The van der Waals surface area contributed by atoms with Crippen molar-refractivity contribution in [3.8, 4) is 11.3 Å². The van der Waals surface area contributed by atoms with Crippen molar-refractivity contribution in [2.24, 2.45) is 0 Å². The predicted molar refractivity (Wildman–Crippen MR) is 145 cm³/mol. The van der Waals surface area contributed by atoms with Crippen LogP contribution in [0.15, 0.2) is 40.5 Å². The van der Waals surface area contributed by atoms with Crippen LogP contribution in [0.2, 0.25) is 5.02 Å². The Labute approximate surface area is 221 Å². The molecule has 2 heterocycles. The van der Waals surface area contributed by atoms with Gasteiger partial charge in [0.15, 0.2) is 5.13 Å². The number of carbonyl (C=O) groups excluding carboxylic acids is 1. The van der Waals surface area contributed by atoms with Gasteiger partial charge in [0.1, 0.15) is 5.82 Å². The van der Waals surface area contributed by atoms with Crippen molar-refractivity contribution in [3.05, 3.63) is 62.6 Å². The number of nitrogens with one attached hydrogen (secondary N) is 2. The lowest BCUT2D eigenvalue weighted by molar-refractivity contribution is 0.0592. The van der Waals surface area contributed by atoms with E-state index < -0.39 is 17.3 Å². The van der Waals surface area contributed by atoms with E-state index >= 15 is 0 Å². The molecule has 11 heteroatoms. The number of carbonyl (C=O) groups is 1. The van der Waals surface area contributed by atoms with E-state index in [0.29, 0.717) is 33.5 Å². The van der Waals surface area contributed by atoms with E-state index in [4.69, 9.17) is 16.3 Å². The molecule has 2 aromatic heterocycles. The molecule has 1 saturated carbocycles. The van der Waals surface area contributed by atoms with Crippen LogP contribution >= 0.6 is 22.9 Å². The lowest BCUT2D eigenvalue weighted by Crippen LogP contribution is -2.33. The Kier molecular flexibility index (Phi) is 7.12. The molecule has 0 amide bonds. The molecule has 2 N–H and O–H groups in total. The molecule has 0 atom stereocenters. The zero-order chi connectivity index (χ0) is 26.1. The number of benzene rings is 2. The molecule has 1 fully saturated rings. The second-order valence-electron chi connectivity index (χ2n) is 8.99. The van der Waals surface area contributed by atoms with E-state index in [1.165, 1.54) is 43.8 Å². The fourth-order valence-electron chi connectivity index (χ4n) is 4.65. The van der Waals surface area contributed by atoms with Crippen molar-refractivity contribution in [2.45, 2.75) is 38.1 Å². The summed E-state index contributed by atoms with van der Waals surface area (Å²) in [4.78, 5) is 38.5. The third-order valence-electron chi connectivity index (χ3n) is 6.65. The number of hydrogen-bond donors (Lipinski definition) is 2. The maximum atomic E-state index is 13.6. The first-order valence-corrected chi connectivity index (χ1v) is 13.2. The normalized spacial score (nSPS) is 14.1. The van der Waals surface area contributed by atoms with Crippen molar-refractivity contribution < 1.29 is 13.9 Å². The van der Waals surface area contributed by atoms with Gasteiger partial charge in [0.2, 0.25) is 5.69 Å². The smallest absolute Gasteiger partial charge is 0.362 e. The molecule has 37 heavy (non-hydrogen) atoms. The molecular weight excluding hydrogens is 517 g/mol. The highest BCUT2D eigenvalue weighted by Gasteiger charge is 2.23. The summed E-state index contributed by atoms with van der Waals surface area (Å²) in [6.45, 7) is 0. The first-order valence-electron chi connectivity index (χ1n) is 11.9. The van der Waals surface area contributed by atoms with Crippen molar-refractivity contribution in [1.29, 1.82) is 0 Å². The lowest BCUT2D eigenvalue weighted by Gasteiger charge is -2.34.